The van der Waals surface area contributed by atoms with Crippen molar-refractivity contribution in [3.8, 4) is 11.4 Å². The zero-order valence-electron chi connectivity index (χ0n) is 16.3. The van der Waals surface area contributed by atoms with E-state index in [9.17, 15) is 9.18 Å². The molecule has 1 aromatic heterocycles. The highest BCUT2D eigenvalue weighted by Crippen LogP contribution is 2.28. The van der Waals surface area contributed by atoms with E-state index < -0.39 is 0 Å². The van der Waals surface area contributed by atoms with Crippen molar-refractivity contribution in [3.63, 3.8) is 0 Å². The standard InChI is InChI=1S/C21H23FN4O2S/c1-15(20(27)23-12-13-28-2)29-21-25-24-19(17-8-10-18(22)11-9-17)26(21)14-16-6-4-3-5-7-16/h3-11,15H,12-14H2,1-2H3,(H,23,27)/t15-/m0/s1. The number of amides is 1. The number of nitrogens with zero attached hydrogens (tertiary/aromatic N) is 3. The van der Waals surface area contributed by atoms with Crippen LogP contribution in [0.5, 0.6) is 0 Å². The summed E-state index contributed by atoms with van der Waals surface area (Å²) in [5.41, 5.74) is 1.84. The SMILES string of the molecule is COCCNC(=O)[C@H](C)Sc1nnc(-c2ccc(F)cc2)n1Cc1ccccc1. The van der Waals surface area contributed by atoms with Crippen LogP contribution in [0.1, 0.15) is 12.5 Å². The molecule has 0 aliphatic rings. The minimum Gasteiger partial charge on any atom is -0.383 e. The van der Waals surface area contributed by atoms with Gasteiger partial charge < -0.3 is 10.1 Å². The van der Waals surface area contributed by atoms with E-state index in [1.807, 2.05) is 41.8 Å². The van der Waals surface area contributed by atoms with E-state index in [-0.39, 0.29) is 17.0 Å². The lowest BCUT2D eigenvalue weighted by Crippen LogP contribution is -2.33. The van der Waals surface area contributed by atoms with Gasteiger partial charge in [0, 0.05) is 19.2 Å². The van der Waals surface area contributed by atoms with E-state index in [0.29, 0.717) is 30.7 Å². The zero-order valence-corrected chi connectivity index (χ0v) is 17.2. The van der Waals surface area contributed by atoms with Crippen LogP contribution >= 0.6 is 11.8 Å². The lowest BCUT2D eigenvalue weighted by Gasteiger charge is -2.14. The molecule has 1 heterocycles. The van der Waals surface area contributed by atoms with E-state index in [0.717, 1.165) is 11.1 Å². The molecular weight excluding hydrogens is 391 g/mol. The molecular formula is C21H23FN4O2S. The van der Waals surface area contributed by atoms with Crippen LogP contribution in [-0.2, 0) is 16.1 Å². The average molecular weight is 415 g/mol. The molecule has 3 aromatic rings. The number of carbonyl (C=O) groups is 1. The number of carbonyl (C=O) groups excluding carboxylic acids is 1. The molecule has 29 heavy (non-hydrogen) atoms. The number of ether oxygens (including phenoxy) is 1. The Morgan fingerprint density at radius 2 is 1.90 bits per heavy atom. The molecule has 0 aliphatic carbocycles. The minimum atomic E-state index is -0.355. The number of halogens is 1. The lowest BCUT2D eigenvalue weighted by atomic mass is 10.2. The Morgan fingerprint density at radius 1 is 1.17 bits per heavy atom. The lowest BCUT2D eigenvalue weighted by molar-refractivity contribution is -0.120. The molecule has 0 spiro atoms. The molecule has 0 saturated carbocycles. The van der Waals surface area contributed by atoms with Crippen molar-refractivity contribution in [1.29, 1.82) is 0 Å². The van der Waals surface area contributed by atoms with Gasteiger partial charge in [0.1, 0.15) is 5.82 Å². The summed E-state index contributed by atoms with van der Waals surface area (Å²) < 4.78 is 20.3. The van der Waals surface area contributed by atoms with Gasteiger partial charge in [0.15, 0.2) is 11.0 Å². The maximum atomic E-state index is 13.3. The fourth-order valence-electron chi connectivity index (χ4n) is 2.73. The number of rotatable bonds is 9. The second-order valence-corrected chi connectivity index (χ2v) is 7.74. The van der Waals surface area contributed by atoms with Crippen LogP contribution in [0.4, 0.5) is 4.39 Å². The van der Waals surface area contributed by atoms with Crippen LogP contribution in [0, 0.1) is 5.82 Å². The van der Waals surface area contributed by atoms with Gasteiger partial charge in [-0.15, -0.1) is 10.2 Å². The summed E-state index contributed by atoms with van der Waals surface area (Å²) in [6.07, 6.45) is 0. The topological polar surface area (TPSA) is 69.0 Å². The second kappa shape index (κ2) is 10.2. The molecule has 0 unspecified atom stereocenters. The van der Waals surface area contributed by atoms with Gasteiger partial charge in [0.2, 0.25) is 5.91 Å². The number of hydrogen-bond acceptors (Lipinski definition) is 5. The molecule has 0 aliphatic heterocycles. The molecule has 0 fully saturated rings. The normalized spacial score (nSPS) is 12.0. The first-order valence-corrected chi connectivity index (χ1v) is 10.1. The first kappa shape index (κ1) is 21.0. The van der Waals surface area contributed by atoms with Gasteiger partial charge in [-0.2, -0.15) is 0 Å². The molecule has 152 valence electrons. The van der Waals surface area contributed by atoms with Gasteiger partial charge >= 0.3 is 0 Å². The van der Waals surface area contributed by atoms with Gasteiger partial charge in [-0.25, -0.2) is 4.39 Å². The molecule has 3 rings (SSSR count). The fraction of sp³-hybridized carbons (Fsp3) is 0.286. The highest BCUT2D eigenvalue weighted by atomic mass is 32.2. The molecule has 8 heteroatoms. The van der Waals surface area contributed by atoms with Crippen molar-refractivity contribution in [3.05, 3.63) is 66.0 Å². The molecule has 0 bridgehead atoms. The predicted molar refractivity (Wildman–Crippen MR) is 111 cm³/mol. The number of aromatic nitrogens is 3. The first-order valence-electron chi connectivity index (χ1n) is 9.25. The van der Waals surface area contributed by atoms with Crippen LogP contribution in [0.15, 0.2) is 59.8 Å². The van der Waals surface area contributed by atoms with E-state index in [1.54, 1.807) is 19.2 Å². The Labute approximate surface area is 173 Å². The first-order chi connectivity index (χ1) is 14.1. The van der Waals surface area contributed by atoms with Crippen molar-refractivity contribution in [2.24, 2.45) is 0 Å². The van der Waals surface area contributed by atoms with E-state index in [4.69, 9.17) is 4.74 Å². The van der Waals surface area contributed by atoms with E-state index >= 15 is 0 Å². The molecule has 1 amide bonds. The number of thioether (sulfide) groups is 1. The predicted octanol–water partition coefficient (Wildman–Crippen LogP) is 3.38. The minimum absolute atomic E-state index is 0.0929. The summed E-state index contributed by atoms with van der Waals surface area (Å²) >= 11 is 1.34. The highest BCUT2D eigenvalue weighted by molar-refractivity contribution is 8.00. The highest BCUT2D eigenvalue weighted by Gasteiger charge is 2.21. The van der Waals surface area contributed by atoms with Crippen LogP contribution in [-0.4, -0.2) is 46.2 Å². The summed E-state index contributed by atoms with van der Waals surface area (Å²) in [7, 11) is 1.59. The monoisotopic (exact) mass is 414 g/mol. The van der Waals surface area contributed by atoms with Crippen LogP contribution < -0.4 is 5.32 Å². The molecule has 0 saturated heterocycles. The summed E-state index contributed by atoms with van der Waals surface area (Å²) in [5, 5.41) is 11.7. The van der Waals surface area contributed by atoms with Crippen molar-refractivity contribution in [2.45, 2.75) is 23.9 Å². The number of benzene rings is 2. The van der Waals surface area contributed by atoms with Gasteiger partial charge in [-0.1, -0.05) is 42.1 Å². The molecule has 1 N–H and O–H groups in total. The maximum Gasteiger partial charge on any atom is 0.233 e. The number of hydrogen-bond donors (Lipinski definition) is 1. The van der Waals surface area contributed by atoms with Gasteiger partial charge in [-0.3, -0.25) is 9.36 Å². The Hall–Kier alpha value is -2.71. The fourth-order valence-corrected chi connectivity index (χ4v) is 3.60. The van der Waals surface area contributed by atoms with E-state index in [1.165, 1.54) is 23.9 Å². The molecule has 6 nitrogen and oxygen atoms in total. The summed E-state index contributed by atoms with van der Waals surface area (Å²) in [6.45, 7) is 3.28. The third-order valence-electron chi connectivity index (χ3n) is 4.26. The maximum absolute atomic E-state index is 13.3. The quantitative estimate of drug-likeness (QED) is 0.429. The van der Waals surface area contributed by atoms with Crippen LogP contribution in [0.25, 0.3) is 11.4 Å². The molecule has 1 atom stereocenters. The number of nitrogens with one attached hydrogen (secondary N) is 1. The number of methoxy groups -OCH3 is 1. The molecule has 0 radical (unpaired) electrons. The zero-order chi connectivity index (χ0) is 20.6. The van der Waals surface area contributed by atoms with Crippen molar-refractivity contribution in [1.82, 2.24) is 20.1 Å². The van der Waals surface area contributed by atoms with Gasteiger partial charge in [0.05, 0.1) is 18.4 Å². The Bertz CT molecular complexity index is 932. The van der Waals surface area contributed by atoms with Crippen molar-refractivity contribution in [2.75, 3.05) is 20.3 Å². The average Bonchev–Trinajstić information content (AvgIpc) is 3.11. The summed E-state index contributed by atoms with van der Waals surface area (Å²) in [5.74, 6) is 0.229. The molecule has 2 aromatic carbocycles. The third-order valence-corrected chi connectivity index (χ3v) is 5.34. The third kappa shape index (κ3) is 5.65. The Kier molecular flexibility index (Phi) is 7.37. The Morgan fingerprint density at radius 3 is 2.59 bits per heavy atom. The Balaban J connectivity index is 1.86. The van der Waals surface area contributed by atoms with Gasteiger partial charge in [0.25, 0.3) is 0 Å². The van der Waals surface area contributed by atoms with Gasteiger partial charge in [-0.05, 0) is 36.8 Å². The summed E-state index contributed by atoms with van der Waals surface area (Å²) in [4.78, 5) is 12.3. The smallest absolute Gasteiger partial charge is 0.233 e. The van der Waals surface area contributed by atoms with Crippen LogP contribution in [0.2, 0.25) is 0 Å². The second-order valence-electron chi connectivity index (χ2n) is 6.43. The van der Waals surface area contributed by atoms with Crippen LogP contribution in [0.3, 0.4) is 0 Å². The van der Waals surface area contributed by atoms with E-state index in [2.05, 4.69) is 15.5 Å². The summed E-state index contributed by atoms with van der Waals surface area (Å²) in [6, 6.07) is 16.1. The van der Waals surface area contributed by atoms with Crippen molar-refractivity contribution < 1.29 is 13.9 Å². The largest absolute Gasteiger partial charge is 0.383 e. The van der Waals surface area contributed by atoms with Crippen molar-refractivity contribution >= 4 is 17.7 Å².